The number of guanidine groups is 1. The first-order chi connectivity index (χ1) is 10.6. The van der Waals surface area contributed by atoms with Crippen molar-refractivity contribution in [3.63, 3.8) is 0 Å². The summed E-state index contributed by atoms with van der Waals surface area (Å²) >= 11 is 1.77. The molecule has 2 unspecified atom stereocenters. The van der Waals surface area contributed by atoms with E-state index in [-0.39, 0.29) is 5.54 Å². The van der Waals surface area contributed by atoms with Gasteiger partial charge < -0.3 is 15.5 Å². The van der Waals surface area contributed by atoms with Gasteiger partial charge in [0.15, 0.2) is 5.96 Å². The van der Waals surface area contributed by atoms with Gasteiger partial charge in [-0.25, -0.2) is 0 Å². The predicted molar refractivity (Wildman–Crippen MR) is 96.6 cm³/mol. The highest BCUT2D eigenvalue weighted by atomic mass is 32.1. The molecule has 124 valence electrons. The molecule has 2 rings (SSSR count). The van der Waals surface area contributed by atoms with Gasteiger partial charge in [-0.05, 0) is 44.3 Å². The van der Waals surface area contributed by atoms with Crippen LogP contribution in [0.4, 0.5) is 0 Å². The fourth-order valence-corrected chi connectivity index (χ4v) is 4.05. The zero-order valence-corrected chi connectivity index (χ0v) is 15.2. The van der Waals surface area contributed by atoms with Crippen LogP contribution in [0.1, 0.15) is 37.5 Å². The van der Waals surface area contributed by atoms with E-state index in [0.29, 0.717) is 0 Å². The van der Waals surface area contributed by atoms with Crippen LogP contribution in [0.5, 0.6) is 0 Å². The maximum Gasteiger partial charge on any atom is 0.191 e. The van der Waals surface area contributed by atoms with Crippen molar-refractivity contribution in [3.8, 4) is 0 Å². The molecule has 1 aromatic rings. The van der Waals surface area contributed by atoms with Crippen molar-refractivity contribution in [1.29, 1.82) is 0 Å². The lowest BCUT2D eigenvalue weighted by molar-refractivity contribution is 0.0795. The van der Waals surface area contributed by atoms with Crippen LogP contribution in [-0.4, -0.2) is 44.1 Å². The smallest absolute Gasteiger partial charge is 0.191 e. The van der Waals surface area contributed by atoms with Crippen LogP contribution in [-0.2, 0) is 6.54 Å². The van der Waals surface area contributed by atoms with Crippen molar-refractivity contribution in [2.75, 3.05) is 27.7 Å². The number of hydrogen-bond donors (Lipinski definition) is 2. The van der Waals surface area contributed by atoms with Gasteiger partial charge in [0.05, 0.1) is 6.54 Å². The van der Waals surface area contributed by atoms with Gasteiger partial charge >= 0.3 is 0 Å². The molecule has 0 aromatic carbocycles. The summed E-state index contributed by atoms with van der Waals surface area (Å²) in [5.41, 5.74) is 0.248. The minimum Gasteiger partial charge on any atom is -0.355 e. The average molecular weight is 323 g/mol. The molecule has 22 heavy (non-hydrogen) atoms. The van der Waals surface area contributed by atoms with E-state index in [1.807, 2.05) is 7.05 Å². The molecular formula is C17H30N4S. The van der Waals surface area contributed by atoms with Crippen molar-refractivity contribution in [2.24, 2.45) is 10.9 Å². The second-order valence-electron chi connectivity index (χ2n) is 6.68. The second-order valence-corrected chi connectivity index (χ2v) is 7.71. The molecule has 5 heteroatoms. The highest BCUT2D eigenvalue weighted by molar-refractivity contribution is 7.09. The minimum atomic E-state index is 0.248. The van der Waals surface area contributed by atoms with E-state index in [4.69, 9.17) is 0 Å². The third-order valence-electron chi connectivity index (χ3n) is 4.83. The van der Waals surface area contributed by atoms with Crippen molar-refractivity contribution >= 4 is 17.3 Å². The Morgan fingerprint density at radius 3 is 2.86 bits per heavy atom. The van der Waals surface area contributed by atoms with Gasteiger partial charge in [0, 0.05) is 24.0 Å². The van der Waals surface area contributed by atoms with Gasteiger partial charge in [-0.3, -0.25) is 4.99 Å². The van der Waals surface area contributed by atoms with Crippen LogP contribution in [0.2, 0.25) is 0 Å². The lowest BCUT2D eigenvalue weighted by atomic mass is 9.75. The Morgan fingerprint density at radius 1 is 1.45 bits per heavy atom. The average Bonchev–Trinajstić information content (AvgIpc) is 3.00. The van der Waals surface area contributed by atoms with Crippen LogP contribution in [0.25, 0.3) is 0 Å². The zero-order valence-electron chi connectivity index (χ0n) is 14.4. The van der Waals surface area contributed by atoms with E-state index >= 15 is 0 Å². The fourth-order valence-electron chi connectivity index (χ4n) is 3.41. The Morgan fingerprint density at radius 2 is 2.27 bits per heavy atom. The number of thiophene rings is 1. The summed E-state index contributed by atoms with van der Waals surface area (Å²) in [7, 11) is 6.26. The molecular weight excluding hydrogens is 292 g/mol. The van der Waals surface area contributed by atoms with Crippen molar-refractivity contribution in [3.05, 3.63) is 22.4 Å². The summed E-state index contributed by atoms with van der Waals surface area (Å²) in [6, 6.07) is 4.23. The molecule has 0 radical (unpaired) electrons. The van der Waals surface area contributed by atoms with Gasteiger partial charge in [-0.2, -0.15) is 0 Å². The molecule has 2 atom stereocenters. The number of likely N-dealkylation sites (N-methyl/N-ethyl adjacent to an activating group) is 1. The predicted octanol–water partition coefficient (Wildman–Crippen LogP) is 2.92. The first-order valence-electron chi connectivity index (χ1n) is 8.20. The van der Waals surface area contributed by atoms with Crippen LogP contribution < -0.4 is 10.6 Å². The molecule has 1 saturated carbocycles. The molecule has 1 aliphatic carbocycles. The summed E-state index contributed by atoms with van der Waals surface area (Å²) in [5.74, 6) is 1.70. The molecule has 2 N–H and O–H groups in total. The van der Waals surface area contributed by atoms with Gasteiger partial charge in [0.2, 0.25) is 0 Å². The lowest BCUT2D eigenvalue weighted by Gasteiger charge is -2.45. The molecule has 0 amide bonds. The van der Waals surface area contributed by atoms with Crippen LogP contribution in [0.15, 0.2) is 22.5 Å². The first kappa shape index (κ1) is 17.3. The molecule has 1 aliphatic rings. The largest absolute Gasteiger partial charge is 0.355 e. The van der Waals surface area contributed by atoms with Crippen molar-refractivity contribution in [2.45, 2.75) is 44.7 Å². The van der Waals surface area contributed by atoms with Crippen LogP contribution >= 0.6 is 11.3 Å². The monoisotopic (exact) mass is 322 g/mol. The fraction of sp³-hybridized carbons (Fsp3) is 0.706. The quantitative estimate of drug-likeness (QED) is 0.647. The lowest BCUT2D eigenvalue weighted by Crippen LogP contribution is -2.56. The molecule has 0 spiro atoms. The summed E-state index contributed by atoms with van der Waals surface area (Å²) in [6.45, 7) is 4.17. The first-order valence-corrected chi connectivity index (χ1v) is 9.08. The Hall–Kier alpha value is -1.07. The standard InChI is InChI=1S/C17H30N4S/c1-14-7-5-9-17(11-14,21(3)4)13-20-16(18-2)19-12-15-8-6-10-22-15/h6,8,10,14H,5,7,9,11-13H2,1-4H3,(H2,18,19,20). The third-order valence-corrected chi connectivity index (χ3v) is 5.71. The third kappa shape index (κ3) is 4.46. The Labute approximate surface area is 139 Å². The molecule has 1 heterocycles. The van der Waals surface area contributed by atoms with E-state index in [2.05, 4.69) is 59.1 Å². The van der Waals surface area contributed by atoms with Gasteiger partial charge in [0.1, 0.15) is 0 Å². The summed E-state index contributed by atoms with van der Waals surface area (Å²) in [5, 5.41) is 9.06. The SMILES string of the molecule is CN=C(NCc1cccs1)NCC1(N(C)C)CCCC(C)C1. The number of hydrogen-bond acceptors (Lipinski definition) is 3. The van der Waals surface area contributed by atoms with E-state index in [1.54, 1.807) is 11.3 Å². The van der Waals surface area contributed by atoms with Crippen LogP contribution in [0.3, 0.4) is 0 Å². The highest BCUT2D eigenvalue weighted by Gasteiger charge is 2.36. The van der Waals surface area contributed by atoms with E-state index in [9.17, 15) is 0 Å². The molecule has 0 saturated heterocycles. The second kappa shape index (κ2) is 7.97. The molecule has 4 nitrogen and oxygen atoms in total. The highest BCUT2D eigenvalue weighted by Crippen LogP contribution is 2.35. The van der Waals surface area contributed by atoms with E-state index < -0.39 is 0 Å². The van der Waals surface area contributed by atoms with Gasteiger partial charge in [-0.1, -0.05) is 25.8 Å². The minimum absolute atomic E-state index is 0.248. The van der Waals surface area contributed by atoms with Gasteiger partial charge in [-0.15, -0.1) is 11.3 Å². The number of nitrogens with one attached hydrogen (secondary N) is 2. The van der Waals surface area contributed by atoms with Crippen molar-refractivity contribution < 1.29 is 0 Å². The Kier molecular flexibility index (Phi) is 6.26. The number of rotatable bonds is 5. The summed E-state index contributed by atoms with van der Waals surface area (Å²) in [4.78, 5) is 8.10. The topological polar surface area (TPSA) is 39.7 Å². The Balaban J connectivity index is 1.89. The van der Waals surface area contributed by atoms with Crippen LogP contribution in [0, 0.1) is 5.92 Å². The number of nitrogens with zero attached hydrogens (tertiary/aromatic N) is 2. The maximum atomic E-state index is 4.36. The Bertz CT molecular complexity index is 469. The van der Waals surface area contributed by atoms with E-state index in [0.717, 1.165) is 25.0 Å². The normalized spacial score (nSPS) is 26.2. The molecule has 1 aromatic heterocycles. The molecule has 0 bridgehead atoms. The maximum absolute atomic E-state index is 4.36. The number of aliphatic imine (C=N–C) groups is 1. The zero-order chi connectivity index (χ0) is 16.0. The molecule has 1 fully saturated rings. The summed E-state index contributed by atoms with van der Waals surface area (Å²) in [6.07, 6.45) is 5.21. The van der Waals surface area contributed by atoms with E-state index in [1.165, 1.54) is 30.6 Å². The van der Waals surface area contributed by atoms with Crippen molar-refractivity contribution in [1.82, 2.24) is 15.5 Å². The molecule has 0 aliphatic heterocycles. The van der Waals surface area contributed by atoms with Gasteiger partial charge in [0.25, 0.3) is 0 Å². The summed E-state index contributed by atoms with van der Waals surface area (Å²) < 4.78 is 0.